The first-order valence-electron chi connectivity index (χ1n) is 9.72. The molecule has 154 valence electrons. The first-order chi connectivity index (χ1) is 14.4. The Hall–Kier alpha value is -3.12. The fourth-order valence-corrected chi connectivity index (χ4v) is 4.22. The number of halogens is 1. The molecule has 1 aromatic carbocycles. The van der Waals surface area contributed by atoms with E-state index in [0.717, 1.165) is 39.9 Å². The number of hydrogen-bond donors (Lipinski definition) is 1. The van der Waals surface area contributed by atoms with Gasteiger partial charge in [-0.25, -0.2) is 4.98 Å². The Morgan fingerprint density at radius 3 is 2.70 bits per heavy atom. The van der Waals surface area contributed by atoms with Crippen LogP contribution in [0.25, 0.3) is 11.0 Å². The maximum absolute atomic E-state index is 6.50. The number of aryl methyl sites for hydroxylation is 2. The minimum Gasteiger partial charge on any atom is -0.496 e. The zero-order valence-corrected chi connectivity index (χ0v) is 18.3. The molecule has 2 N–H and O–H groups in total. The number of rotatable bonds is 5. The smallest absolute Gasteiger partial charge is 0.223 e. The van der Waals surface area contributed by atoms with Crippen LogP contribution >= 0.6 is 11.6 Å². The summed E-state index contributed by atoms with van der Waals surface area (Å²) in [4.78, 5) is 13.3. The molecule has 3 aromatic heterocycles. The van der Waals surface area contributed by atoms with Crippen LogP contribution in [0, 0.1) is 20.8 Å². The fourth-order valence-electron chi connectivity index (χ4n) is 3.92. The predicted octanol–water partition coefficient (Wildman–Crippen LogP) is 4.63. The lowest BCUT2D eigenvalue weighted by molar-refractivity contribution is 0.406. The van der Waals surface area contributed by atoms with Crippen molar-refractivity contribution in [2.45, 2.75) is 33.7 Å². The molecule has 7 heteroatoms. The number of ether oxygens (including phenoxy) is 1. The summed E-state index contributed by atoms with van der Waals surface area (Å²) >= 11 is 6.50. The number of methoxy groups -OCH3 is 1. The third kappa shape index (κ3) is 3.71. The lowest BCUT2D eigenvalue weighted by atomic mass is 10.0. The molecule has 3 heterocycles. The molecular weight excluding hydrogens is 398 g/mol. The highest BCUT2D eigenvalue weighted by molar-refractivity contribution is 6.34. The lowest BCUT2D eigenvalue weighted by Crippen LogP contribution is -2.07. The molecule has 0 aliphatic carbocycles. The van der Waals surface area contributed by atoms with Crippen LogP contribution in [0.15, 0.2) is 36.7 Å². The number of fused-ring (bicyclic) bond motifs is 1. The van der Waals surface area contributed by atoms with Crippen LogP contribution in [0.2, 0.25) is 5.15 Å². The summed E-state index contributed by atoms with van der Waals surface area (Å²) in [6.07, 6.45) is 4.62. The van der Waals surface area contributed by atoms with E-state index >= 15 is 0 Å². The average molecular weight is 422 g/mol. The predicted molar refractivity (Wildman–Crippen MR) is 120 cm³/mol. The highest BCUT2D eigenvalue weighted by atomic mass is 35.5. The second kappa shape index (κ2) is 7.95. The molecule has 0 spiro atoms. The van der Waals surface area contributed by atoms with E-state index in [-0.39, 0.29) is 5.95 Å². The number of nitrogen functional groups attached to an aromatic ring is 1. The zero-order chi connectivity index (χ0) is 21.4. The van der Waals surface area contributed by atoms with E-state index in [1.54, 1.807) is 7.11 Å². The zero-order valence-electron chi connectivity index (χ0n) is 17.5. The summed E-state index contributed by atoms with van der Waals surface area (Å²) in [7, 11) is 1.68. The Kier molecular flexibility index (Phi) is 5.35. The van der Waals surface area contributed by atoms with E-state index in [9.17, 15) is 0 Å². The van der Waals surface area contributed by atoms with E-state index in [4.69, 9.17) is 22.1 Å². The number of nitrogens with zero attached hydrogens (tertiary/aromatic N) is 4. The summed E-state index contributed by atoms with van der Waals surface area (Å²) in [5.74, 6) is 1.00. The van der Waals surface area contributed by atoms with Gasteiger partial charge in [0.05, 0.1) is 24.7 Å². The van der Waals surface area contributed by atoms with Gasteiger partial charge in [-0.3, -0.25) is 4.98 Å². The molecule has 0 bridgehead atoms. The SMILES string of the molecule is COc1c(C)cnc(Cn2cc(Cc3cccc(C)c3)c3c(Cl)nc(N)nc32)c1C. The summed E-state index contributed by atoms with van der Waals surface area (Å²) < 4.78 is 7.60. The number of hydrogen-bond acceptors (Lipinski definition) is 5. The molecule has 0 fully saturated rings. The maximum atomic E-state index is 6.50. The minimum absolute atomic E-state index is 0.153. The van der Waals surface area contributed by atoms with Crippen LogP contribution in [0.4, 0.5) is 5.95 Å². The first kappa shape index (κ1) is 20.2. The van der Waals surface area contributed by atoms with E-state index < -0.39 is 0 Å². The summed E-state index contributed by atoms with van der Waals surface area (Å²) in [6.45, 7) is 6.62. The van der Waals surface area contributed by atoms with E-state index in [2.05, 4.69) is 52.3 Å². The highest BCUT2D eigenvalue weighted by Gasteiger charge is 2.18. The standard InChI is InChI=1S/C23H24ClN5O/c1-13-6-5-7-16(8-13)9-17-11-29(22-19(17)21(24)27-23(25)28-22)12-18-15(3)20(30-4)14(2)10-26-18/h5-8,10-11H,9,12H2,1-4H3,(H2,25,27,28). The average Bonchev–Trinajstić information content (AvgIpc) is 3.01. The highest BCUT2D eigenvalue weighted by Crippen LogP contribution is 2.31. The first-order valence-corrected chi connectivity index (χ1v) is 10.1. The van der Waals surface area contributed by atoms with Crippen LogP contribution in [0.1, 0.15) is 33.5 Å². The van der Waals surface area contributed by atoms with Crippen LogP contribution in [-0.2, 0) is 13.0 Å². The molecule has 0 saturated heterocycles. The molecule has 0 unspecified atom stereocenters. The molecule has 0 saturated carbocycles. The Bertz CT molecular complexity index is 1250. The monoisotopic (exact) mass is 421 g/mol. The van der Waals surface area contributed by atoms with Crippen molar-refractivity contribution in [3.05, 3.63) is 75.3 Å². The van der Waals surface area contributed by atoms with Crippen LogP contribution in [0.5, 0.6) is 5.75 Å². The third-order valence-corrected chi connectivity index (χ3v) is 5.59. The molecule has 0 aliphatic heterocycles. The Morgan fingerprint density at radius 2 is 1.97 bits per heavy atom. The van der Waals surface area contributed by atoms with E-state index in [0.29, 0.717) is 17.3 Å². The van der Waals surface area contributed by atoms with Crippen LogP contribution in [0.3, 0.4) is 0 Å². The van der Waals surface area contributed by atoms with Gasteiger partial charge in [0.1, 0.15) is 16.5 Å². The molecule has 0 aliphatic rings. The van der Waals surface area contributed by atoms with Gasteiger partial charge in [0.15, 0.2) is 0 Å². The van der Waals surface area contributed by atoms with Crippen molar-refractivity contribution in [3.8, 4) is 5.75 Å². The van der Waals surface area contributed by atoms with Crippen molar-refractivity contribution in [2.75, 3.05) is 12.8 Å². The molecule has 0 atom stereocenters. The molecular formula is C23H24ClN5O. The minimum atomic E-state index is 0.153. The topological polar surface area (TPSA) is 78.8 Å². The second-order valence-electron chi connectivity index (χ2n) is 7.57. The second-order valence-corrected chi connectivity index (χ2v) is 7.92. The van der Waals surface area contributed by atoms with Gasteiger partial charge in [-0.05, 0) is 38.3 Å². The van der Waals surface area contributed by atoms with Gasteiger partial charge in [-0.1, -0.05) is 41.4 Å². The molecule has 0 radical (unpaired) electrons. The van der Waals surface area contributed by atoms with Crippen LogP contribution in [-0.4, -0.2) is 26.6 Å². The van der Waals surface area contributed by atoms with Crippen LogP contribution < -0.4 is 10.5 Å². The van der Waals surface area contributed by atoms with Gasteiger partial charge in [-0.2, -0.15) is 4.98 Å². The number of nitrogens with two attached hydrogens (primary N) is 1. The molecule has 4 aromatic rings. The number of benzene rings is 1. The lowest BCUT2D eigenvalue weighted by Gasteiger charge is -2.13. The van der Waals surface area contributed by atoms with Gasteiger partial charge in [0.25, 0.3) is 0 Å². The van der Waals surface area contributed by atoms with Gasteiger partial charge >= 0.3 is 0 Å². The largest absolute Gasteiger partial charge is 0.496 e. The van der Waals surface area contributed by atoms with E-state index in [1.165, 1.54) is 11.1 Å². The Balaban J connectivity index is 1.83. The van der Waals surface area contributed by atoms with Crippen molar-refractivity contribution in [1.82, 2.24) is 19.5 Å². The third-order valence-electron chi connectivity index (χ3n) is 5.31. The van der Waals surface area contributed by atoms with Gasteiger partial charge in [-0.15, -0.1) is 0 Å². The van der Waals surface area contributed by atoms with Crippen molar-refractivity contribution >= 4 is 28.6 Å². The van der Waals surface area contributed by atoms with Gasteiger partial charge in [0, 0.05) is 23.5 Å². The van der Waals surface area contributed by atoms with Crippen molar-refractivity contribution in [3.63, 3.8) is 0 Å². The number of anilines is 1. The molecule has 30 heavy (non-hydrogen) atoms. The molecule has 6 nitrogen and oxygen atoms in total. The quantitative estimate of drug-likeness (QED) is 0.475. The summed E-state index contributed by atoms with van der Waals surface area (Å²) in [5, 5.41) is 1.19. The summed E-state index contributed by atoms with van der Waals surface area (Å²) in [6, 6.07) is 8.43. The molecule has 0 amide bonds. The fraction of sp³-hybridized carbons (Fsp3) is 0.261. The molecule has 4 rings (SSSR count). The van der Waals surface area contributed by atoms with Crippen molar-refractivity contribution < 1.29 is 4.74 Å². The van der Waals surface area contributed by atoms with Crippen molar-refractivity contribution in [1.29, 1.82) is 0 Å². The van der Waals surface area contributed by atoms with Crippen molar-refractivity contribution in [2.24, 2.45) is 0 Å². The van der Waals surface area contributed by atoms with E-state index in [1.807, 2.05) is 24.6 Å². The Morgan fingerprint density at radius 1 is 1.17 bits per heavy atom. The Labute approximate surface area is 180 Å². The van der Waals surface area contributed by atoms with Gasteiger partial charge in [0.2, 0.25) is 5.95 Å². The number of pyridine rings is 1. The number of aromatic nitrogens is 4. The normalized spacial score (nSPS) is 11.2. The maximum Gasteiger partial charge on any atom is 0.223 e. The summed E-state index contributed by atoms with van der Waals surface area (Å²) in [5.41, 5.74) is 13.0. The van der Waals surface area contributed by atoms with Gasteiger partial charge < -0.3 is 15.0 Å².